The summed E-state index contributed by atoms with van der Waals surface area (Å²) in [6, 6.07) is 44.6. The van der Waals surface area contributed by atoms with Crippen molar-refractivity contribution in [2.45, 2.75) is 107 Å². The van der Waals surface area contributed by atoms with Crippen molar-refractivity contribution in [2.24, 2.45) is 10.8 Å². The van der Waals surface area contributed by atoms with E-state index in [0.717, 1.165) is 81.8 Å². The number of aryl methyl sites for hydroxylation is 5. The van der Waals surface area contributed by atoms with Gasteiger partial charge in [0, 0.05) is 49.9 Å². The predicted octanol–water partition coefficient (Wildman–Crippen LogP) is 14.9. The Morgan fingerprint density at radius 3 is 2.03 bits per heavy atom. The SMILES string of the molecule is C/C=C\C(=C/C(=[N-])c1[c-]ccc2c1oc1nc(C)ccc12)CC(C)(C)C.CC(C)(C)Cc1ccc2nc(-c3[c-]cccc3)n3c2c1CCC3.[Ir].[c-]1ccccc1-c1nc2cccc3c2n1CCC3. The van der Waals surface area contributed by atoms with Gasteiger partial charge in [-0.1, -0.05) is 82.9 Å². The smallest absolute Gasteiger partial charge is 0.216 e. The Bertz CT molecular complexity index is 3300. The van der Waals surface area contributed by atoms with Crippen LogP contribution in [0.1, 0.15) is 95.7 Å². The molecule has 0 aliphatic carbocycles. The molecule has 0 bridgehead atoms. The monoisotopic (exact) mass is 1070 g/mol. The Balaban J connectivity index is 0.000000139. The number of fused-ring (bicyclic) bond motifs is 3. The van der Waals surface area contributed by atoms with Gasteiger partial charge in [0.15, 0.2) is 0 Å². The first-order chi connectivity index (χ1) is 32.2. The molecule has 0 N–H and O–H groups in total. The predicted molar refractivity (Wildman–Crippen MR) is 277 cm³/mol. The summed E-state index contributed by atoms with van der Waals surface area (Å²) in [7, 11) is 0. The van der Waals surface area contributed by atoms with Crippen LogP contribution in [0.15, 0.2) is 131 Å². The molecule has 1 radical (unpaired) electrons. The molecule has 0 saturated carbocycles. The first-order valence-corrected chi connectivity index (χ1v) is 23.8. The number of benzene rings is 5. The number of aromatic nitrogens is 5. The molecule has 68 heavy (non-hydrogen) atoms. The molecule has 0 amide bonds. The molecule has 0 fully saturated rings. The van der Waals surface area contributed by atoms with Crippen LogP contribution >= 0.6 is 0 Å². The van der Waals surface area contributed by atoms with E-state index in [4.69, 9.17) is 14.4 Å². The van der Waals surface area contributed by atoms with Gasteiger partial charge in [-0.15, -0.1) is 102 Å². The van der Waals surface area contributed by atoms with E-state index in [9.17, 15) is 5.41 Å². The number of nitrogens with zero attached hydrogens (tertiary/aromatic N) is 6. The largest absolute Gasteiger partial charge is 0.855 e. The zero-order valence-electron chi connectivity index (χ0n) is 40.6. The van der Waals surface area contributed by atoms with Gasteiger partial charge in [0.2, 0.25) is 5.71 Å². The zero-order chi connectivity index (χ0) is 46.9. The van der Waals surface area contributed by atoms with Crippen LogP contribution in [0.2, 0.25) is 0 Å². The Morgan fingerprint density at radius 1 is 0.706 bits per heavy atom. The third-order valence-electron chi connectivity index (χ3n) is 12.3. The number of allylic oxidation sites excluding steroid dienone is 4. The second-order valence-electron chi connectivity index (χ2n) is 20.4. The number of para-hydroxylation sites is 1. The summed E-state index contributed by atoms with van der Waals surface area (Å²) in [6.45, 7) is 19.5. The molecular formula is C60H60IrN6O-4. The summed E-state index contributed by atoms with van der Waals surface area (Å²) in [4.78, 5) is 14.2. The molecule has 2 aliphatic rings. The maximum Gasteiger partial charge on any atom is 0.216 e. The van der Waals surface area contributed by atoms with Crippen LogP contribution in [0.4, 0.5) is 0 Å². The molecule has 2 aliphatic heterocycles. The zero-order valence-corrected chi connectivity index (χ0v) is 43.0. The van der Waals surface area contributed by atoms with Crippen molar-refractivity contribution in [3.05, 3.63) is 178 Å². The molecule has 8 heteroatoms. The fourth-order valence-corrected chi connectivity index (χ4v) is 9.71. The van der Waals surface area contributed by atoms with E-state index in [2.05, 4.69) is 122 Å². The van der Waals surface area contributed by atoms with Crippen LogP contribution in [0.5, 0.6) is 0 Å². The number of imidazole rings is 2. The van der Waals surface area contributed by atoms with Crippen molar-refractivity contribution < 1.29 is 24.5 Å². The normalized spacial score (nSPS) is 13.6. The van der Waals surface area contributed by atoms with Crippen molar-refractivity contribution in [3.63, 3.8) is 0 Å². The third kappa shape index (κ3) is 10.4. The average Bonchev–Trinajstić information content (AvgIpc) is 4.00. The first-order valence-electron chi connectivity index (χ1n) is 23.8. The molecule has 0 saturated heterocycles. The summed E-state index contributed by atoms with van der Waals surface area (Å²) in [5.74, 6) is 2.12. The molecule has 9 aromatic rings. The van der Waals surface area contributed by atoms with Crippen LogP contribution in [0, 0.1) is 36.0 Å². The van der Waals surface area contributed by atoms with E-state index in [0.29, 0.717) is 22.3 Å². The molecule has 6 heterocycles. The third-order valence-corrected chi connectivity index (χ3v) is 12.3. The number of rotatable bonds is 7. The van der Waals surface area contributed by atoms with Crippen molar-refractivity contribution in [3.8, 4) is 22.8 Å². The van der Waals surface area contributed by atoms with E-state index in [-0.39, 0.29) is 31.2 Å². The van der Waals surface area contributed by atoms with Crippen LogP contribution in [0.3, 0.4) is 0 Å². The Kier molecular flexibility index (Phi) is 14.3. The van der Waals surface area contributed by atoms with Gasteiger partial charge in [0.25, 0.3) is 0 Å². The summed E-state index contributed by atoms with van der Waals surface area (Å²) >= 11 is 0. The van der Waals surface area contributed by atoms with Gasteiger partial charge in [0.1, 0.15) is 0 Å². The Labute approximate surface area is 415 Å². The van der Waals surface area contributed by atoms with E-state index < -0.39 is 0 Å². The molecule has 0 atom stereocenters. The molecule has 0 spiro atoms. The molecule has 5 aromatic carbocycles. The second-order valence-corrected chi connectivity index (χ2v) is 20.4. The topological polar surface area (TPSA) is 84.0 Å². The van der Waals surface area contributed by atoms with Gasteiger partial charge in [-0.2, -0.15) is 0 Å². The maximum absolute atomic E-state index is 10.8. The van der Waals surface area contributed by atoms with Gasteiger partial charge in [-0.3, -0.25) is 9.97 Å². The minimum absolute atomic E-state index is 0. The fourth-order valence-electron chi connectivity index (χ4n) is 9.71. The molecule has 11 rings (SSSR count). The first kappa shape index (κ1) is 48.3. The second kappa shape index (κ2) is 20.2. The van der Waals surface area contributed by atoms with Gasteiger partial charge in [-0.05, 0) is 104 Å². The standard InChI is InChI=1S/C23H24N2O.C21H23N2.C16H13N2.Ir/c1-6-8-16(14-23(3,4)5)13-20(24)19-10-7-9-17-18-12-11-15(2)25-22(18)26-21(17)19;1-21(2,3)14-16-11-12-18-19-17(16)10-7-13-23(19)20(22-18)15-8-5-4-6-9-15;1-2-6-13(7-3-1)16-17-14-10-4-8-12-9-5-11-18(16)15(12)14;/h6-9,11-13H,14H2,1-5H3;4-6,8,11-12H,7,10,13-14H2,1-3H3;1-4,6,8,10H,5,9,11H2;/q-2;2*-1;/b8-6-,16-13+;;;. The van der Waals surface area contributed by atoms with Crippen molar-refractivity contribution in [1.29, 1.82) is 0 Å². The van der Waals surface area contributed by atoms with E-state index in [1.807, 2.05) is 86.7 Å². The number of hydrogen-bond donors (Lipinski definition) is 0. The Morgan fingerprint density at radius 2 is 1.38 bits per heavy atom. The van der Waals surface area contributed by atoms with Crippen LogP contribution in [-0.2, 0) is 52.5 Å². The van der Waals surface area contributed by atoms with Gasteiger partial charge >= 0.3 is 0 Å². The molecular weight excluding hydrogens is 1010 g/mol. The number of pyridine rings is 1. The molecule has 0 unspecified atom stereocenters. The summed E-state index contributed by atoms with van der Waals surface area (Å²) in [6.07, 6.45) is 12.5. The summed E-state index contributed by atoms with van der Waals surface area (Å²) in [5, 5.41) is 12.7. The van der Waals surface area contributed by atoms with Crippen LogP contribution in [-0.4, -0.2) is 29.8 Å². The van der Waals surface area contributed by atoms with Crippen molar-refractivity contribution >= 4 is 49.8 Å². The molecule has 349 valence electrons. The van der Waals surface area contributed by atoms with E-state index in [1.54, 1.807) is 0 Å². The summed E-state index contributed by atoms with van der Waals surface area (Å²) < 4.78 is 10.7. The van der Waals surface area contributed by atoms with Crippen molar-refractivity contribution in [1.82, 2.24) is 24.1 Å². The Hall–Kier alpha value is -6.21. The van der Waals surface area contributed by atoms with E-state index >= 15 is 0 Å². The molecule has 4 aromatic heterocycles. The average molecular weight is 1070 g/mol. The van der Waals surface area contributed by atoms with Crippen molar-refractivity contribution in [2.75, 3.05) is 0 Å². The van der Waals surface area contributed by atoms with E-state index in [1.165, 1.54) is 53.4 Å². The van der Waals surface area contributed by atoms with Gasteiger partial charge < -0.3 is 19.0 Å². The van der Waals surface area contributed by atoms with Gasteiger partial charge in [-0.25, -0.2) is 10.7 Å². The summed E-state index contributed by atoms with van der Waals surface area (Å²) in [5.41, 5.74) is 15.8. The minimum atomic E-state index is 0. The maximum atomic E-state index is 10.8. The van der Waals surface area contributed by atoms with Gasteiger partial charge in [0.05, 0.1) is 33.7 Å². The minimum Gasteiger partial charge on any atom is -0.855 e. The molecule has 7 nitrogen and oxygen atoms in total. The fraction of sp³-hybridized carbons (Fsp3) is 0.300. The number of furan rings is 1. The quantitative estimate of drug-likeness (QED) is 0.0904. The van der Waals surface area contributed by atoms with Crippen LogP contribution < -0.4 is 0 Å². The number of hydrogen-bond acceptors (Lipinski definition) is 4. The van der Waals surface area contributed by atoms with Crippen LogP contribution in [0.25, 0.3) is 72.3 Å².